The average molecular weight is 258 g/mol. The van der Waals surface area contributed by atoms with Gasteiger partial charge in [0, 0.05) is 19.1 Å². The summed E-state index contributed by atoms with van der Waals surface area (Å²) in [6.45, 7) is 0. The minimum Gasteiger partial charge on any atom is -0.378 e. The molecular weight excluding hydrogens is 236 g/mol. The highest BCUT2D eigenvalue weighted by atomic mass is 16.5. The second-order valence-electron chi connectivity index (χ2n) is 6.03. The Kier molecular flexibility index (Phi) is 3.44. The van der Waals surface area contributed by atoms with Crippen molar-refractivity contribution in [3.05, 3.63) is 34.9 Å². The Morgan fingerprint density at radius 3 is 2.53 bits per heavy atom. The second-order valence-corrected chi connectivity index (χ2v) is 6.03. The maximum absolute atomic E-state index is 12.4. The van der Waals surface area contributed by atoms with E-state index in [0.29, 0.717) is 6.42 Å². The molecule has 102 valence electrons. The van der Waals surface area contributed by atoms with Crippen molar-refractivity contribution in [3.63, 3.8) is 0 Å². The van der Waals surface area contributed by atoms with E-state index in [1.807, 2.05) is 6.07 Å². The molecule has 0 saturated heterocycles. The maximum atomic E-state index is 12.4. The number of rotatable bonds is 4. The van der Waals surface area contributed by atoms with Gasteiger partial charge < -0.3 is 4.74 Å². The Labute approximate surface area is 115 Å². The molecule has 0 spiro atoms. The molecule has 0 bridgehead atoms. The number of hydrogen-bond donors (Lipinski definition) is 0. The molecule has 2 aliphatic carbocycles. The minimum atomic E-state index is -0.160. The second kappa shape index (κ2) is 5.09. The van der Waals surface area contributed by atoms with Gasteiger partial charge in [-0.2, -0.15) is 0 Å². The van der Waals surface area contributed by atoms with Gasteiger partial charge in [0.2, 0.25) is 0 Å². The summed E-state index contributed by atoms with van der Waals surface area (Å²) in [4.78, 5) is 12.4. The lowest BCUT2D eigenvalue weighted by atomic mass is 9.75. The first-order chi connectivity index (χ1) is 9.22. The monoisotopic (exact) mass is 258 g/mol. The predicted octanol–water partition coefficient (Wildman–Crippen LogP) is 3.71. The van der Waals surface area contributed by atoms with Gasteiger partial charge in [-0.3, -0.25) is 4.79 Å². The van der Waals surface area contributed by atoms with Gasteiger partial charge in [-0.05, 0) is 62.1 Å². The van der Waals surface area contributed by atoms with E-state index < -0.39 is 0 Å². The number of hydrogen-bond acceptors (Lipinski definition) is 2. The van der Waals surface area contributed by atoms with Crippen molar-refractivity contribution in [2.45, 2.75) is 57.0 Å². The Morgan fingerprint density at radius 2 is 1.89 bits per heavy atom. The molecular formula is C17H22O2. The summed E-state index contributed by atoms with van der Waals surface area (Å²) >= 11 is 0. The zero-order valence-electron chi connectivity index (χ0n) is 11.7. The van der Waals surface area contributed by atoms with Gasteiger partial charge >= 0.3 is 0 Å². The molecule has 0 aliphatic heterocycles. The highest BCUT2D eigenvalue weighted by Gasteiger charge is 2.39. The molecule has 0 aromatic heterocycles. The van der Waals surface area contributed by atoms with Crippen LogP contribution in [0.3, 0.4) is 0 Å². The summed E-state index contributed by atoms with van der Waals surface area (Å²) < 4.78 is 5.56. The Hall–Kier alpha value is -1.15. The van der Waals surface area contributed by atoms with Crippen molar-refractivity contribution in [1.29, 1.82) is 0 Å². The number of ether oxygens (including phenoxy) is 1. The summed E-state index contributed by atoms with van der Waals surface area (Å²) in [7, 11) is 1.74. The number of carbonyl (C=O) groups excluding carboxylic acids is 1. The topological polar surface area (TPSA) is 26.3 Å². The molecule has 2 aliphatic rings. The number of Topliss-reactive ketones (excluding diaryl/α,β-unsaturated/α-hetero) is 1. The van der Waals surface area contributed by atoms with Gasteiger partial charge in [0.1, 0.15) is 0 Å². The summed E-state index contributed by atoms with van der Waals surface area (Å²) in [6, 6.07) is 6.29. The van der Waals surface area contributed by atoms with Crippen molar-refractivity contribution in [2.75, 3.05) is 7.11 Å². The van der Waals surface area contributed by atoms with E-state index in [1.54, 1.807) is 7.11 Å². The zero-order chi connectivity index (χ0) is 13.3. The minimum absolute atomic E-state index is 0.160. The van der Waals surface area contributed by atoms with Crippen LogP contribution in [0.1, 0.15) is 60.0 Å². The van der Waals surface area contributed by atoms with Crippen molar-refractivity contribution in [1.82, 2.24) is 0 Å². The standard InChI is InChI=1S/C17H22O2/c1-19-17(9-4-10-17)12-16(18)15-8-7-13-5-2-3-6-14(13)11-15/h7-8,11H,2-6,9-10,12H2,1H3. The molecule has 2 nitrogen and oxygen atoms in total. The number of benzene rings is 1. The third-order valence-electron chi connectivity index (χ3n) is 4.85. The van der Waals surface area contributed by atoms with E-state index >= 15 is 0 Å². The molecule has 0 atom stereocenters. The van der Waals surface area contributed by atoms with Crippen molar-refractivity contribution >= 4 is 5.78 Å². The molecule has 19 heavy (non-hydrogen) atoms. The smallest absolute Gasteiger partial charge is 0.165 e. The van der Waals surface area contributed by atoms with Crippen LogP contribution < -0.4 is 0 Å². The molecule has 3 rings (SSSR count). The fraction of sp³-hybridized carbons (Fsp3) is 0.588. The van der Waals surface area contributed by atoms with E-state index in [0.717, 1.165) is 24.8 Å². The summed E-state index contributed by atoms with van der Waals surface area (Å²) in [5.74, 6) is 0.245. The van der Waals surface area contributed by atoms with Crippen LogP contribution in [-0.4, -0.2) is 18.5 Å². The van der Waals surface area contributed by atoms with E-state index in [4.69, 9.17) is 4.74 Å². The molecule has 1 aromatic carbocycles. The Bertz CT molecular complexity index is 481. The quantitative estimate of drug-likeness (QED) is 0.770. The molecule has 1 fully saturated rings. The van der Waals surface area contributed by atoms with E-state index in [-0.39, 0.29) is 11.4 Å². The highest BCUT2D eigenvalue weighted by molar-refractivity contribution is 5.97. The first-order valence-electron chi connectivity index (χ1n) is 7.43. The average Bonchev–Trinajstić information content (AvgIpc) is 2.42. The molecule has 1 aromatic rings. The summed E-state index contributed by atoms with van der Waals surface area (Å²) in [6.07, 6.45) is 8.63. The fourth-order valence-electron chi connectivity index (χ4n) is 3.33. The first kappa shape index (κ1) is 12.9. The SMILES string of the molecule is COC1(CC(=O)c2ccc3c(c2)CCCC3)CCC1. The normalized spacial score (nSPS) is 20.5. The van der Waals surface area contributed by atoms with Gasteiger partial charge in [0.25, 0.3) is 0 Å². The number of methoxy groups -OCH3 is 1. The lowest BCUT2D eigenvalue weighted by Gasteiger charge is -2.40. The largest absolute Gasteiger partial charge is 0.378 e. The molecule has 0 N–H and O–H groups in total. The van der Waals surface area contributed by atoms with Gasteiger partial charge in [-0.25, -0.2) is 0 Å². The first-order valence-corrected chi connectivity index (χ1v) is 7.43. The van der Waals surface area contributed by atoms with Crippen LogP contribution in [0, 0.1) is 0 Å². The molecule has 2 heteroatoms. The van der Waals surface area contributed by atoms with Crippen LogP contribution in [0.4, 0.5) is 0 Å². The van der Waals surface area contributed by atoms with Crippen LogP contribution in [0.2, 0.25) is 0 Å². The third-order valence-corrected chi connectivity index (χ3v) is 4.85. The highest BCUT2D eigenvalue weighted by Crippen LogP contribution is 2.39. The van der Waals surface area contributed by atoms with Crippen molar-refractivity contribution in [2.24, 2.45) is 0 Å². The Morgan fingerprint density at radius 1 is 1.16 bits per heavy atom. The van der Waals surface area contributed by atoms with Crippen LogP contribution in [-0.2, 0) is 17.6 Å². The molecule has 0 unspecified atom stereocenters. The van der Waals surface area contributed by atoms with Gasteiger partial charge in [0.05, 0.1) is 5.60 Å². The summed E-state index contributed by atoms with van der Waals surface area (Å²) in [5, 5.41) is 0. The van der Waals surface area contributed by atoms with Crippen molar-refractivity contribution in [3.8, 4) is 0 Å². The van der Waals surface area contributed by atoms with Gasteiger partial charge in [-0.15, -0.1) is 0 Å². The van der Waals surface area contributed by atoms with Crippen LogP contribution in [0.15, 0.2) is 18.2 Å². The van der Waals surface area contributed by atoms with Crippen LogP contribution in [0.25, 0.3) is 0 Å². The number of fused-ring (bicyclic) bond motifs is 1. The number of carbonyl (C=O) groups is 1. The van der Waals surface area contributed by atoms with E-state index in [2.05, 4.69) is 12.1 Å². The Balaban J connectivity index is 1.76. The third kappa shape index (κ3) is 2.46. The molecule has 0 heterocycles. The van der Waals surface area contributed by atoms with Crippen molar-refractivity contribution < 1.29 is 9.53 Å². The van der Waals surface area contributed by atoms with Gasteiger partial charge in [0.15, 0.2) is 5.78 Å². The lowest BCUT2D eigenvalue weighted by molar-refractivity contribution is -0.0704. The fourth-order valence-corrected chi connectivity index (χ4v) is 3.33. The predicted molar refractivity (Wildman–Crippen MR) is 75.6 cm³/mol. The molecule has 0 radical (unpaired) electrons. The zero-order valence-corrected chi connectivity index (χ0v) is 11.7. The lowest BCUT2D eigenvalue weighted by Crippen LogP contribution is -2.41. The summed E-state index contributed by atoms with van der Waals surface area (Å²) in [5.41, 5.74) is 3.54. The van der Waals surface area contributed by atoms with Crippen LogP contribution >= 0.6 is 0 Å². The van der Waals surface area contributed by atoms with E-state index in [1.165, 1.54) is 36.8 Å². The molecule has 1 saturated carbocycles. The van der Waals surface area contributed by atoms with Gasteiger partial charge in [-0.1, -0.05) is 12.1 Å². The van der Waals surface area contributed by atoms with E-state index in [9.17, 15) is 4.79 Å². The number of ketones is 1. The molecule has 0 amide bonds. The maximum Gasteiger partial charge on any atom is 0.165 e. The van der Waals surface area contributed by atoms with Crippen LogP contribution in [0.5, 0.6) is 0 Å². The number of aryl methyl sites for hydroxylation is 2.